The van der Waals surface area contributed by atoms with E-state index in [1.165, 1.54) is 17.5 Å². The van der Waals surface area contributed by atoms with Crippen molar-refractivity contribution in [2.24, 2.45) is 11.8 Å². The number of hydrogen-bond donors (Lipinski definition) is 0. The fourth-order valence-electron chi connectivity index (χ4n) is 4.11. The molecule has 1 saturated carbocycles. The molecule has 2 fully saturated rings. The monoisotopic (exact) mass is 370 g/mol. The molecule has 0 amide bonds. The summed E-state index contributed by atoms with van der Waals surface area (Å²) in [6.45, 7) is 3.00. The molecule has 1 aromatic carbocycles. The molecule has 0 N–H and O–H groups in total. The van der Waals surface area contributed by atoms with Crippen LogP contribution >= 0.6 is 0 Å². The van der Waals surface area contributed by atoms with Gasteiger partial charge in [-0.1, -0.05) is 31.2 Å². The highest BCUT2D eigenvalue weighted by molar-refractivity contribution is 5.27. The maximum Gasteiger partial charge on any atom is 0.412 e. The zero-order chi connectivity index (χ0) is 18.7. The standard InChI is InChI=1S/C21H26F4O/c1-14-2-11-20(26-13-14)18-9-5-16(6-10-18)15-3-7-17(8-4-15)19(22)12-21(23,24)25/h5-6,9-10,12,14-15,17,20H,2-4,7-8,11,13H2,1H3/b19-12-. The van der Waals surface area contributed by atoms with Crippen LogP contribution in [0.2, 0.25) is 0 Å². The smallest absolute Gasteiger partial charge is 0.373 e. The molecule has 1 aromatic rings. The lowest BCUT2D eigenvalue weighted by Crippen LogP contribution is -2.18. The second kappa shape index (κ2) is 8.12. The van der Waals surface area contributed by atoms with E-state index in [0.29, 0.717) is 24.7 Å². The fraction of sp³-hybridized carbons (Fsp3) is 0.619. The molecule has 2 unspecified atom stereocenters. The largest absolute Gasteiger partial charge is 0.412 e. The molecule has 0 bridgehead atoms. The normalized spacial score (nSPS) is 31.0. The second-order valence-corrected chi connectivity index (χ2v) is 7.79. The summed E-state index contributed by atoms with van der Waals surface area (Å²) in [5.74, 6) is -0.696. The van der Waals surface area contributed by atoms with Crippen LogP contribution in [0.4, 0.5) is 17.6 Å². The van der Waals surface area contributed by atoms with E-state index < -0.39 is 17.9 Å². The Morgan fingerprint density at radius 1 is 0.962 bits per heavy atom. The average Bonchev–Trinajstić information content (AvgIpc) is 2.61. The molecule has 5 heteroatoms. The van der Waals surface area contributed by atoms with E-state index in [1.807, 2.05) is 0 Å². The third-order valence-electron chi connectivity index (χ3n) is 5.70. The van der Waals surface area contributed by atoms with Gasteiger partial charge >= 0.3 is 6.18 Å². The van der Waals surface area contributed by atoms with Crippen molar-refractivity contribution < 1.29 is 22.3 Å². The van der Waals surface area contributed by atoms with Gasteiger partial charge in [0.15, 0.2) is 0 Å². The van der Waals surface area contributed by atoms with Gasteiger partial charge in [-0.15, -0.1) is 0 Å². The lowest BCUT2D eigenvalue weighted by molar-refractivity contribution is -0.0820. The molecular weight excluding hydrogens is 344 g/mol. The summed E-state index contributed by atoms with van der Waals surface area (Å²) < 4.78 is 56.5. The van der Waals surface area contributed by atoms with Gasteiger partial charge in [0.05, 0.1) is 12.2 Å². The van der Waals surface area contributed by atoms with Crippen LogP contribution in [0.5, 0.6) is 0 Å². The van der Waals surface area contributed by atoms with Gasteiger partial charge in [-0.2, -0.15) is 13.2 Å². The Morgan fingerprint density at radius 3 is 2.12 bits per heavy atom. The molecule has 2 atom stereocenters. The average molecular weight is 370 g/mol. The minimum absolute atomic E-state index is 0.164. The van der Waals surface area contributed by atoms with Gasteiger partial charge in [-0.25, -0.2) is 4.39 Å². The molecule has 1 nitrogen and oxygen atoms in total. The van der Waals surface area contributed by atoms with Crippen molar-refractivity contribution >= 4 is 0 Å². The van der Waals surface area contributed by atoms with Crippen molar-refractivity contribution in [3.05, 3.63) is 47.3 Å². The fourth-order valence-corrected chi connectivity index (χ4v) is 4.11. The topological polar surface area (TPSA) is 9.23 Å². The second-order valence-electron chi connectivity index (χ2n) is 7.79. The molecule has 0 spiro atoms. The van der Waals surface area contributed by atoms with E-state index in [0.717, 1.165) is 25.9 Å². The van der Waals surface area contributed by atoms with Gasteiger partial charge in [0, 0.05) is 12.5 Å². The molecule has 1 heterocycles. The third-order valence-corrected chi connectivity index (χ3v) is 5.70. The Labute approximate surface area is 152 Å². The predicted octanol–water partition coefficient (Wildman–Crippen LogP) is 6.86. The van der Waals surface area contributed by atoms with E-state index >= 15 is 0 Å². The first kappa shape index (κ1) is 19.4. The van der Waals surface area contributed by atoms with Gasteiger partial charge in [0.2, 0.25) is 0 Å². The molecule has 26 heavy (non-hydrogen) atoms. The number of benzene rings is 1. The number of hydrogen-bond acceptors (Lipinski definition) is 1. The summed E-state index contributed by atoms with van der Waals surface area (Å²) in [5, 5.41) is 0. The number of ether oxygens (including phenoxy) is 1. The minimum atomic E-state index is -4.57. The molecule has 1 aliphatic carbocycles. The van der Waals surface area contributed by atoms with Gasteiger partial charge < -0.3 is 4.74 Å². The van der Waals surface area contributed by atoms with E-state index in [4.69, 9.17) is 4.74 Å². The molecule has 0 aromatic heterocycles. The third kappa shape index (κ3) is 5.09. The first-order valence-electron chi connectivity index (χ1n) is 9.48. The zero-order valence-corrected chi connectivity index (χ0v) is 15.1. The number of alkyl halides is 3. The van der Waals surface area contributed by atoms with Crippen LogP contribution in [-0.4, -0.2) is 12.8 Å². The van der Waals surface area contributed by atoms with Crippen molar-refractivity contribution in [1.29, 1.82) is 0 Å². The Morgan fingerprint density at radius 2 is 1.58 bits per heavy atom. The Bertz CT molecular complexity index is 604. The van der Waals surface area contributed by atoms with Crippen LogP contribution in [0.25, 0.3) is 0 Å². The highest BCUT2D eigenvalue weighted by Gasteiger charge is 2.30. The molecule has 1 saturated heterocycles. The molecule has 2 aliphatic rings. The molecule has 3 rings (SSSR count). The van der Waals surface area contributed by atoms with Crippen molar-refractivity contribution in [2.45, 2.75) is 63.6 Å². The first-order chi connectivity index (χ1) is 12.3. The summed E-state index contributed by atoms with van der Waals surface area (Å²) >= 11 is 0. The van der Waals surface area contributed by atoms with Crippen molar-refractivity contribution in [1.82, 2.24) is 0 Å². The van der Waals surface area contributed by atoms with E-state index in [2.05, 4.69) is 31.2 Å². The van der Waals surface area contributed by atoms with Gasteiger partial charge in [0.25, 0.3) is 0 Å². The summed E-state index contributed by atoms with van der Waals surface area (Å²) in [7, 11) is 0. The summed E-state index contributed by atoms with van der Waals surface area (Å²) in [6.07, 6.45) is -0.000744. The van der Waals surface area contributed by atoms with Crippen LogP contribution < -0.4 is 0 Å². The van der Waals surface area contributed by atoms with Gasteiger partial charge in [0.1, 0.15) is 5.83 Å². The van der Waals surface area contributed by atoms with Crippen LogP contribution in [0.15, 0.2) is 36.2 Å². The molecule has 1 aliphatic heterocycles. The quantitative estimate of drug-likeness (QED) is 0.528. The number of halogens is 4. The maximum atomic E-state index is 13.7. The Hall–Kier alpha value is -1.36. The van der Waals surface area contributed by atoms with Gasteiger partial charge in [-0.3, -0.25) is 0 Å². The van der Waals surface area contributed by atoms with E-state index in [9.17, 15) is 17.6 Å². The molecular formula is C21H26F4O. The highest BCUT2D eigenvalue weighted by Crippen LogP contribution is 2.40. The van der Waals surface area contributed by atoms with Crippen molar-refractivity contribution in [3.8, 4) is 0 Å². The predicted molar refractivity (Wildman–Crippen MR) is 93.5 cm³/mol. The van der Waals surface area contributed by atoms with Crippen LogP contribution in [0, 0.1) is 11.8 Å². The van der Waals surface area contributed by atoms with Crippen LogP contribution in [0.1, 0.15) is 68.6 Å². The molecule has 0 radical (unpaired) electrons. The summed E-state index contributed by atoms with van der Waals surface area (Å²) in [6, 6.07) is 8.41. The first-order valence-corrected chi connectivity index (χ1v) is 9.48. The van der Waals surface area contributed by atoms with Gasteiger partial charge in [-0.05, 0) is 61.5 Å². The number of allylic oxidation sites excluding steroid dienone is 2. The lowest BCUT2D eigenvalue weighted by Gasteiger charge is -2.29. The van der Waals surface area contributed by atoms with Crippen LogP contribution in [0.3, 0.4) is 0 Å². The summed E-state index contributed by atoms with van der Waals surface area (Å²) in [4.78, 5) is 0. The molecule has 144 valence electrons. The van der Waals surface area contributed by atoms with Crippen LogP contribution in [-0.2, 0) is 4.74 Å². The zero-order valence-electron chi connectivity index (χ0n) is 15.1. The van der Waals surface area contributed by atoms with Crippen molar-refractivity contribution in [3.63, 3.8) is 0 Å². The number of rotatable bonds is 3. The minimum Gasteiger partial charge on any atom is -0.373 e. The van der Waals surface area contributed by atoms with Crippen molar-refractivity contribution in [2.75, 3.05) is 6.61 Å². The van der Waals surface area contributed by atoms with E-state index in [1.54, 1.807) is 0 Å². The highest BCUT2D eigenvalue weighted by atomic mass is 19.4. The van der Waals surface area contributed by atoms with E-state index in [-0.39, 0.29) is 12.2 Å². The SMILES string of the molecule is CC1CCC(c2ccc(C3CCC(/C(F)=C/C(F)(F)F)CC3)cc2)OC1. The maximum absolute atomic E-state index is 13.7. The Kier molecular flexibility index (Phi) is 6.06. The summed E-state index contributed by atoms with van der Waals surface area (Å²) in [5.41, 5.74) is 2.38. The lowest BCUT2D eigenvalue weighted by atomic mass is 9.78. The Balaban J connectivity index is 1.56.